The van der Waals surface area contributed by atoms with Crippen molar-refractivity contribution >= 4 is 17.6 Å². The summed E-state index contributed by atoms with van der Waals surface area (Å²) in [6.45, 7) is 9.82. The Kier molecular flexibility index (Phi) is 15.8. The second kappa shape index (κ2) is 18.2. The van der Waals surface area contributed by atoms with Gasteiger partial charge < -0.3 is 30.5 Å². The number of hydrogen-bond acceptors (Lipinski definition) is 7. The van der Waals surface area contributed by atoms with Gasteiger partial charge in [0, 0.05) is 25.8 Å². The molecule has 1 aliphatic carbocycles. The zero-order valence-corrected chi connectivity index (χ0v) is 24.0. The van der Waals surface area contributed by atoms with Crippen molar-refractivity contribution in [3.8, 4) is 12.8 Å². The SMILES string of the molecule is C#C.C/C=C\C=C(/COC(C)C)N1CCOC(C(O)CC(=O)NC)C1=O.CCC1C=CC=C2C(N)=NCCC21. The van der Waals surface area contributed by atoms with Crippen molar-refractivity contribution in [3.63, 3.8) is 0 Å². The summed E-state index contributed by atoms with van der Waals surface area (Å²) in [5.41, 5.74) is 7.82. The van der Waals surface area contributed by atoms with Crippen LogP contribution in [0.25, 0.3) is 0 Å². The number of nitrogens with two attached hydrogens (primary N) is 1. The number of aliphatic hydroxyl groups excluding tert-OH is 1. The summed E-state index contributed by atoms with van der Waals surface area (Å²) < 4.78 is 11.0. The molecule has 9 nitrogen and oxygen atoms in total. The summed E-state index contributed by atoms with van der Waals surface area (Å²) >= 11 is 0. The molecule has 2 heterocycles. The van der Waals surface area contributed by atoms with Crippen LogP contribution in [0.2, 0.25) is 0 Å². The number of nitrogens with zero attached hydrogens (tertiary/aromatic N) is 2. The van der Waals surface area contributed by atoms with E-state index in [1.165, 1.54) is 19.0 Å². The number of fused-ring (bicyclic) bond motifs is 1. The minimum absolute atomic E-state index is 0.0322. The number of ether oxygens (including phenoxy) is 2. The highest BCUT2D eigenvalue weighted by molar-refractivity contribution is 5.98. The fourth-order valence-electron chi connectivity index (χ4n) is 4.51. The van der Waals surface area contributed by atoms with E-state index >= 15 is 0 Å². The Balaban J connectivity index is 0.000000422. The van der Waals surface area contributed by atoms with Gasteiger partial charge in [0.1, 0.15) is 5.84 Å². The monoisotopic (exact) mass is 542 g/mol. The predicted molar refractivity (Wildman–Crippen MR) is 156 cm³/mol. The molecule has 4 atom stereocenters. The largest absolute Gasteiger partial charge is 0.389 e. The van der Waals surface area contributed by atoms with E-state index in [0.29, 0.717) is 24.1 Å². The van der Waals surface area contributed by atoms with E-state index in [1.807, 2.05) is 39.0 Å². The Morgan fingerprint density at radius 1 is 1.41 bits per heavy atom. The number of rotatable bonds is 9. The van der Waals surface area contributed by atoms with Gasteiger partial charge in [0.15, 0.2) is 6.10 Å². The number of carbonyl (C=O) groups is 2. The van der Waals surface area contributed by atoms with Gasteiger partial charge in [0.05, 0.1) is 31.8 Å². The molecule has 2 aliphatic heterocycles. The molecule has 216 valence electrons. The molecule has 0 bridgehead atoms. The van der Waals surface area contributed by atoms with Gasteiger partial charge in [-0.15, -0.1) is 12.8 Å². The van der Waals surface area contributed by atoms with Gasteiger partial charge in [-0.05, 0) is 57.1 Å². The van der Waals surface area contributed by atoms with Crippen molar-refractivity contribution in [1.29, 1.82) is 0 Å². The molecule has 3 rings (SSSR count). The van der Waals surface area contributed by atoms with Crippen LogP contribution in [-0.4, -0.2) is 79.3 Å². The number of terminal acetylenes is 1. The van der Waals surface area contributed by atoms with E-state index in [2.05, 4.69) is 48.3 Å². The van der Waals surface area contributed by atoms with Crippen LogP contribution in [-0.2, 0) is 19.1 Å². The molecule has 2 amide bonds. The fraction of sp³-hybridized carbons (Fsp3) is 0.567. The second-order valence-corrected chi connectivity index (χ2v) is 9.51. The molecule has 0 spiro atoms. The molecule has 0 aromatic carbocycles. The van der Waals surface area contributed by atoms with Crippen LogP contribution in [0, 0.1) is 24.7 Å². The average molecular weight is 543 g/mol. The zero-order chi connectivity index (χ0) is 29.4. The van der Waals surface area contributed by atoms with Crippen LogP contribution < -0.4 is 11.1 Å². The van der Waals surface area contributed by atoms with Crippen LogP contribution >= 0.6 is 0 Å². The van der Waals surface area contributed by atoms with Crippen molar-refractivity contribution < 1.29 is 24.2 Å². The molecular weight excluding hydrogens is 496 g/mol. The van der Waals surface area contributed by atoms with E-state index < -0.39 is 12.2 Å². The van der Waals surface area contributed by atoms with Gasteiger partial charge >= 0.3 is 0 Å². The third-order valence-corrected chi connectivity index (χ3v) is 6.58. The number of allylic oxidation sites excluding steroid dienone is 6. The first-order valence-electron chi connectivity index (χ1n) is 13.5. The average Bonchev–Trinajstić information content (AvgIpc) is 2.94. The quantitative estimate of drug-likeness (QED) is 0.304. The van der Waals surface area contributed by atoms with Crippen LogP contribution in [0.3, 0.4) is 0 Å². The third-order valence-electron chi connectivity index (χ3n) is 6.58. The lowest BCUT2D eigenvalue weighted by Crippen LogP contribution is -2.53. The van der Waals surface area contributed by atoms with E-state index in [1.54, 1.807) is 4.90 Å². The van der Waals surface area contributed by atoms with Crippen molar-refractivity contribution in [2.75, 3.05) is 33.4 Å². The minimum Gasteiger partial charge on any atom is -0.389 e. The molecule has 9 heteroatoms. The lowest BCUT2D eigenvalue weighted by molar-refractivity contribution is -0.161. The maximum atomic E-state index is 12.7. The summed E-state index contributed by atoms with van der Waals surface area (Å²) in [6, 6.07) is 0. The minimum atomic E-state index is -1.19. The topological polar surface area (TPSA) is 126 Å². The number of hydrogen-bond donors (Lipinski definition) is 3. The molecule has 39 heavy (non-hydrogen) atoms. The highest BCUT2D eigenvalue weighted by Crippen LogP contribution is 2.33. The maximum absolute atomic E-state index is 12.7. The molecule has 1 saturated heterocycles. The Hall–Kier alpha value is -3.19. The zero-order valence-electron chi connectivity index (χ0n) is 24.0. The number of carbonyl (C=O) groups excluding carboxylic acids is 2. The highest BCUT2D eigenvalue weighted by Gasteiger charge is 2.37. The first kappa shape index (κ1) is 33.8. The number of nitrogens with one attached hydrogen (secondary N) is 1. The molecule has 4 N–H and O–H groups in total. The van der Waals surface area contributed by atoms with Gasteiger partial charge in [-0.1, -0.05) is 37.3 Å². The van der Waals surface area contributed by atoms with Gasteiger partial charge in [0.25, 0.3) is 5.91 Å². The van der Waals surface area contributed by atoms with Crippen LogP contribution in [0.4, 0.5) is 0 Å². The summed E-state index contributed by atoms with van der Waals surface area (Å²) in [7, 11) is 1.48. The lowest BCUT2D eigenvalue weighted by atomic mass is 9.77. The Morgan fingerprint density at radius 2 is 2.13 bits per heavy atom. The molecular formula is C30H46N4O5. The summed E-state index contributed by atoms with van der Waals surface area (Å²) in [4.78, 5) is 29.9. The molecule has 3 aliphatic rings. The maximum Gasteiger partial charge on any atom is 0.258 e. The van der Waals surface area contributed by atoms with Gasteiger partial charge in [-0.2, -0.15) is 0 Å². The molecule has 0 radical (unpaired) electrons. The van der Waals surface area contributed by atoms with E-state index in [0.717, 1.165) is 18.8 Å². The van der Waals surface area contributed by atoms with Crippen molar-refractivity contribution in [3.05, 3.63) is 47.7 Å². The summed E-state index contributed by atoms with van der Waals surface area (Å²) in [5.74, 6) is 1.37. The van der Waals surface area contributed by atoms with E-state index in [4.69, 9.17) is 15.2 Å². The predicted octanol–water partition coefficient (Wildman–Crippen LogP) is 2.73. The smallest absolute Gasteiger partial charge is 0.258 e. The number of morpholine rings is 1. The lowest BCUT2D eigenvalue weighted by Gasteiger charge is -2.35. The van der Waals surface area contributed by atoms with Crippen molar-refractivity contribution in [1.82, 2.24) is 10.2 Å². The molecule has 0 aromatic heterocycles. The number of aliphatic imine (C=N–C) groups is 1. The number of aliphatic hydroxyl groups is 1. The van der Waals surface area contributed by atoms with Gasteiger partial charge in [0.2, 0.25) is 5.91 Å². The molecule has 1 fully saturated rings. The van der Waals surface area contributed by atoms with Crippen LogP contribution in [0.15, 0.2) is 52.7 Å². The molecule has 0 saturated carbocycles. The van der Waals surface area contributed by atoms with Crippen molar-refractivity contribution in [2.45, 2.75) is 65.3 Å². The highest BCUT2D eigenvalue weighted by atomic mass is 16.5. The van der Waals surface area contributed by atoms with Crippen molar-refractivity contribution in [2.24, 2.45) is 22.6 Å². The molecule has 0 aromatic rings. The Morgan fingerprint density at radius 3 is 2.74 bits per heavy atom. The number of amidine groups is 1. The van der Waals surface area contributed by atoms with Gasteiger partial charge in [-0.25, -0.2) is 0 Å². The first-order valence-corrected chi connectivity index (χ1v) is 13.5. The van der Waals surface area contributed by atoms with E-state index in [9.17, 15) is 14.7 Å². The first-order chi connectivity index (χ1) is 18.7. The third kappa shape index (κ3) is 10.5. The second-order valence-electron chi connectivity index (χ2n) is 9.51. The number of amides is 2. The molecule has 4 unspecified atom stereocenters. The Bertz CT molecular complexity index is 964. The fourth-order valence-corrected chi connectivity index (χ4v) is 4.51. The van der Waals surface area contributed by atoms with E-state index in [-0.39, 0.29) is 37.6 Å². The normalized spacial score (nSPS) is 23.5. The Labute approximate surface area is 233 Å². The summed E-state index contributed by atoms with van der Waals surface area (Å²) in [6.07, 6.45) is 20.0. The van der Waals surface area contributed by atoms with Crippen LogP contribution in [0.1, 0.15) is 47.0 Å². The summed E-state index contributed by atoms with van der Waals surface area (Å²) in [5, 5.41) is 12.6. The van der Waals surface area contributed by atoms with Crippen LogP contribution in [0.5, 0.6) is 0 Å². The standard InChI is InChI=1S/C17H28N2O5.C11H16N2.C2H2/c1-5-6-7-13(11-24-12(2)3)19-8-9-23-16(17(19)22)14(20)10-15(21)18-4;1-2-8-4-3-5-10-9(8)6-7-13-11(10)12;1-2/h5-7,12,14,16,20H,8-11H2,1-4H3,(H,18,21);3-5,8-9H,2,6-7H2,1H3,(H2,12,13);1-2H/b6-5-,13-7+;;. The van der Waals surface area contributed by atoms with Gasteiger partial charge in [-0.3, -0.25) is 14.6 Å².